The lowest BCUT2D eigenvalue weighted by molar-refractivity contribution is -0.274. The molecule has 3 aromatic rings. The van der Waals surface area contributed by atoms with Crippen LogP contribution in [-0.2, 0) is 0 Å². The minimum absolute atomic E-state index is 0.0835. The summed E-state index contributed by atoms with van der Waals surface area (Å²) >= 11 is 1.30. The van der Waals surface area contributed by atoms with Crippen molar-refractivity contribution in [1.29, 1.82) is 0 Å². The summed E-state index contributed by atoms with van der Waals surface area (Å²) in [6.45, 7) is 3.10. The van der Waals surface area contributed by atoms with Crippen molar-refractivity contribution in [3.05, 3.63) is 42.0 Å². The third-order valence-corrected chi connectivity index (χ3v) is 6.29. The standard InChI is InChI=1S/C21H18F3N3O4S/c22-21(23,24)31-14-2-3-15-18(12-14)32-20(25-15)27-7-5-26(6-8-27)19(28)13-1-4-16-17(11-13)30-10-9-29-16/h1-4,11-12H,5-10H2. The fourth-order valence-corrected chi connectivity index (χ4v) is 4.73. The predicted octanol–water partition coefficient (Wildman–Crippen LogP) is 3.93. The van der Waals surface area contributed by atoms with Gasteiger partial charge in [-0.15, -0.1) is 13.2 Å². The number of carbonyl (C=O) groups is 1. The molecule has 0 unspecified atom stereocenters. The summed E-state index contributed by atoms with van der Waals surface area (Å²) < 4.78 is 53.0. The number of aromatic nitrogens is 1. The normalized spacial score (nSPS) is 16.3. The van der Waals surface area contributed by atoms with Crippen LogP contribution in [0.15, 0.2) is 36.4 Å². The summed E-state index contributed by atoms with van der Waals surface area (Å²) in [4.78, 5) is 21.2. The van der Waals surface area contributed by atoms with Crippen LogP contribution in [0.2, 0.25) is 0 Å². The van der Waals surface area contributed by atoms with Crippen LogP contribution in [0.4, 0.5) is 18.3 Å². The Morgan fingerprint density at radius 1 is 1.00 bits per heavy atom. The maximum atomic E-state index is 12.9. The van der Waals surface area contributed by atoms with Crippen LogP contribution in [0.25, 0.3) is 10.2 Å². The Kier molecular flexibility index (Phi) is 5.20. The lowest BCUT2D eigenvalue weighted by Gasteiger charge is -2.34. The number of alkyl halides is 3. The van der Waals surface area contributed by atoms with Crippen LogP contribution in [0.1, 0.15) is 10.4 Å². The van der Waals surface area contributed by atoms with E-state index in [2.05, 4.69) is 9.72 Å². The second kappa shape index (κ2) is 8.05. The maximum absolute atomic E-state index is 12.9. The molecule has 0 radical (unpaired) electrons. The highest BCUT2D eigenvalue weighted by Gasteiger charge is 2.31. The minimum atomic E-state index is -4.73. The summed E-state index contributed by atoms with van der Waals surface area (Å²) in [7, 11) is 0. The summed E-state index contributed by atoms with van der Waals surface area (Å²) in [5, 5.41) is 0.704. The molecule has 1 fully saturated rings. The van der Waals surface area contributed by atoms with Gasteiger partial charge in [-0.05, 0) is 30.3 Å². The van der Waals surface area contributed by atoms with E-state index in [0.717, 1.165) is 0 Å². The Morgan fingerprint density at radius 2 is 1.75 bits per heavy atom. The fraction of sp³-hybridized carbons (Fsp3) is 0.333. The van der Waals surface area contributed by atoms with Crippen LogP contribution >= 0.6 is 11.3 Å². The molecule has 1 amide bonds. The lowest BCUT2D eigenvalue weighted by Crippen LogP contribution is -2.48. The van der Waals surface area contributed by atoms with E-state index in [1.165, 1.54) is 29.5 Å². The van der Waals surface area contributed by atoms with Gasteiger partial charge in [-0.2, -0.15) is 0 Å². The number of thiazole rings is 1. The molecule has 1 aromatic heterocycles. The van der Waals surface area contributed by atoms with E-state index in [1.54, 1.807) is 23.1 Å². The molecule has 2 aliphatic rings. The van der Waals surface area contributed by atoms with E-state index in [4.69, 9.17) is 9.47 Å². The van der Waals surface area contributed by atoms with Crippen LogP contribution in [0, 0.1) is 0 Å². The number of nitrogens with zero attached hydrogens (tertiary/aromatic N) is 3. The van der Waals surface area contributed by atoms with Crippen LogP contribution < -0.4 is 19.1 Å². The zero-order valence-corrected chi connectivity index (χ0v) is 17.5. The molecule has 0 bridgehead atoms. The zero-order chi connectivity index (χ0) is 22.3. The third-order valence-electron chi connectivity index (χ3n) is 5.21. The first-order valence-electron chi connectivity index (χ1n) is 9.96. The van der Waals surface area contributed by atoms with Gasteiger partial charge in [-0.3, -0.25) is 4.79 Å². The molecule has 0 saturated carbocycles. The molecule has 0 N–H and O–H groups in total. The number of hydrogen-bond acceptors (Lipinski definition) is 7. The SMILES string of the molecule is O=C(c1ccc2c(c1)OCCO2)N1CCN(c2nc3ccc(OC(F)(F)F)cc3s2)CC1. The van der Waals surface area contributed by atoms with Gasteiger partial charge in [0.1, 0.15) is 19.0 Å². The monoisotopic (exact) mass is 465 g/mol. The molecule has 2 aromatic carbocycles. The van der Waals surface area contributed by atoms with Gasteiger partial charge >= 0.3 is 6.36 Å². The first-order valence-corrected chi connectivity index (χ1v) is 10.8. The van der Waals surface area contributed by atoms with E-state index >= 15 is 0 Å². The molecule has 5 rings (SSSR count). The number of fused-ring (bicyclic) bond motifs is 2. The van der Waals surface area contributed by atoms with Crippen LogP contribution in [0.5, 0.6) is 17.2 Å². The molecule has 1 saturated heterocycles. The number of carbonyl (C=O) groups excluding carboxylic acids is 1. The molecule has 32 heavy (non-hydrogen) atoms. The van der Waals surface area contributed by atoms with Crippen molar-refractivity contribution < 1.29 is 32.2 Å². The first-order chi connectivity index (χ1) is 15.4. The van der Waals surface area contributed by atoms with Gasteiger partial charge < -0.3 is 24.0 Å². The number of benzene rings is 2. The van der Waals surface area contributed by atoms with Gasteiger partial charge in [0.2, 0.25) is 0 Å². The van der Waals surface area contributed by atoms with Gasteiger partial charge in [0, 0.05) is 37.8 Å². The van der Waals surface area contributed by atoms with Gasteiger partial charge in [0.15, 0.2) is 16.6 Å². The van der Waals surface area contributed by atoms with Gasteiger partial charge in [0.05, 0.1) is 10.2 Å². The average molecular weight is 465 g/mol. The Morgan fingerprint density at radius 3 is 2.50 bits per heavy atom. The molecule has 7 nitrogen and oxygen atoms in total. The van der Waals surface area contributed by atoms with Crippen molar-refractivity contribution in [2.75, 3.05) is 44.3 Å². The average Bonchev–Trinajstić information content (AvgIpc) is 3.21. The highest BCUT2D eigenvalue weighted by molar-refractivity contribution is 7.22. The third kappa shape index (κ3) is 4.24. The topological polar surface area (TPSA) is 64.1 Å². The number of piperazine rings is 1. The smallest absolute Gasteiger partial charge is 0.486 e. The van der Waals surface area contributed by atoms with Crippen molar-refractivity contribution >= 4 is 32.6 Å². The number of amides is 1. The lowest BCUT2D eigenvalue weighted by atomic mass is 10.1. The molecule has 3 heterocycles. The number of hydrogen-bond donors (Lipinski definition) is 0. The number of rotatable bonds is 3. The van der Waals surface area contributed by atoms with Crippen molar-refractivity contribution in [1.82, 2.24) is 9.88 Å². The first kappa shape index (κ1) is 20.7. The molecule has 0 atom stereocenters. The van der Waals surface area contributed by atoms with E-state index in [9.17, 15) is 18.0 Å². The Bertz CT molecular complexity index is 1160. The number of halogens is 3. The maximum Gasteiger partial charge on any atom is 0.573 e. The highest BCUT2D eigenvalue weighted by atomic mass is 32.1. The largest absolute Gasteiger partial charge is 0.573 e. The van der Waals surface area contributed by atoms with Crippen LogP contribution in [0.3, 0.4) is 0 Å². The zero-order valence-electron chi connectivity index (χ0n) is 16.7. The van der Waals surface area contributed by atoms with E-state index in [-0.39, 0.29) is 11.7 Å². The molecule has 168 valence electrons. The Balaban J connectivity index is 1.25. The number of anilines is 1. The minimum Gasteiger partial charge on any atom is -0.486 e. The number of ether oxygens (including phenoxy) is 3. The van der Waals surface area contributed by atoms with Gasteiger partial charge in [0.25, 0.3) is 5.91 Å². The van der Waals surface area contributed by atoms with Crippen molar-refractivity contribution in [3.63, 3.8) is 0 Å². The fourth-order valence-electron chi connectivity index (χ4n) is 3.68. The molecule has 11 heteroatoms. The Labute approximate surface area is 184 Å². The molecule has 0 spiro atoms. The second-order valence-electron chi connectivity index (χ2n) is 7.31. The van der Waals surface area contributed by atoms with Crippen molar-refractivity contribution in [2.45, 2.75) is 6.36 Å². The quantitative estimate of drug-likeness (QED) is 0.584. The van der Waals surface area contributed by atoms with Crippen molar-refractivity contribution in [3.8, 4) is 17.2 Å². The van der Waals surface area contributed by atoms with Gasteiger partial charge in [-0.1, -0.05) is 11.3 Å². The van der Waals surface area contributed by atoms with Crippen LogP contribution in [-0.4, -0.2) is 61.5 Å². The van der Waals surface area contributed by atoms with E-state index in [1.807, 2.05) is 4.90 Å². The van der Waals surface area contributed by atoms with Gasteiger partial charge in [-0.25, -0.2) is 4.98 Å². The summed E-state index contributed by atoms with van der Waals surface area (Å²) in [5.41, 5.74) is 1.15. The molecule has 2 aliphatic heterocycles. The van der Waals surface area contributed by atoms with Crippen molar-refractivity contribution in [2.24, 2.45) is 0 Å². The Hall–Kier alpha value is -3.21. The van der Waals surface area contributed by atoms with E-state index in [0.29, 0.717) is 71.8 Å². The van der Waals surface area contributed by atoms with E-state index < -0.39 is 6.36 Å². The summed E-state index contributed by atoms with van der Waals surface area (Å²) in [6.07, 6.45) is -4.73. The summed E-state index contributed by atoms with van der Waals surface area (Å²) in [5.74, 6) is 0.858. The second-order valence-corrected chi connectivity index (χ2v) is 8.32. The molecular weight excluding hydrogens is 447 g/mol. The molecular formula is C21H18F3N3O4S. The predicted molar refractivity (Wildman–Crippen MR) is 112 cm³/mol. The highest BCUT2D eigenvalue weighted by Crippen LogP contribution is 2.34. The molecule has 0 aliphatic carbocycles. The summed E-state index contributed by atoms with van der Waals surface area (Å²) in [6, 6.07) is 9.29.